The molecule has 0 unspecified atom stereocenters. The maximum atomic E-state index is 14.2. The van der Waals surface area contributed by atoms with Crippen LogP contribution in [0.15, 0.2) is 60.7 Å². The van der Waals surface area contributed by atoms with Crippen molar-refractivity contribution in [1.82, 2.24) is 15.5 Å². The van der Waals surface area contributed by atoms with Crippen LogP contribution in [-0.2, 0) is 0 Å². The van der Waals surface area contributed by atoms with Crippen LogP contribution < -0.4 is 10.2 Å². The third kappa shape index (κ3) is 3.32. The molecule has 1 fully saturated rings. The number of aromatic nitrogens is 2. The van der Waals surface area contributed by atoms with Crippen LogP contribution in [0.25, 0.3) is 33.3 Å². The van der Waals surface area contributed by atoms with Crippen molar-refractivity contribution in [3.63, 3.8) is 0 Å². The quantitative estimate of drug-likeness (QED) is 0.493. The van der Waals surface area contributed by atoms with Crippen molar-refractivity contribution in [3.05, 3.63) is 66.5 Å². The molecule has 0 bridgehead atoms. The third-order valence-electron chi connectivity index (χ3n) is 5.45. The molecule has 0 radical (unpaired) electrons. The van der Waals surface area contributed by atoms with E-state index in [1.54, 1.807) is 6.07 Å². The first-order valence-electron chi connectivity index (χ1n) is 9.72. The van der Waals surface area contributed by atoms with Crippen molar-refractivity contribution >= 4 is 16.6 Å². The summed E-state index contributed by atoms with van der Waals surface area (Å²) in [6.45, 7) is 4.05. The van der Waals surface area contributed by atoms with Gasteiger partial charge in [-0.2, -0.15) is 5.10 Å². The maximum absolute atomic E-state index is 14.2. The summed E-state index contributed by atoms with van der Waals surface area (Å²) in [5, 5.41) is 21.3. The number of phenols is 1. The summed E-state index contributed by atoms with van der Waals surface area (Å²) < 4.78 is 14.2. The van der Waals surface area contributed by atoms with Gasteiger partial charge in [0.25, 0.3) is 0 Å². The summed E-state index contributed by atoms with van der Waals surface area (Å²) in [6.07, 6.45) is 0. The van der Waals surface area contributed by atoms with Crippen LogP contribution in [0, 0.1) is 5.82 Å². The fraction of sp³-hybridized carbons (Fsp3) is 0.174. The second-order valence-corrected chi connectivity index (χ2v) is 7.28. The first-order valence-corrected chi connectivity index (χ1v) is 9.72. The average molecular weight is 388 g/mol. The standard InChI is InChI=1S/C23H21FN4O/c24-21-14-18(29)6-8-19(21)16-3-7-20-22(13-16)26-27-23(20)15-1-4-17(5-2-15)28-11-9-25-10-12-28/h1-8,13-14,25,29H,9-12H2,(H,26,27). The van der Waals surface area contributed by atoms with Gasteiger partial charge in [-0.05, 0) is 42.0 Å². The van der Waals surface area contributed by atoms with Crippen LogP contribution in [0.4, 0.5) is 10.1 Å². The molecule has 2 heterocycles. The monoisotopic (exact) mass is 388 g/mol. The smallest absolute Gasteiger partial charge is 0.134 e. The molecule has 0 saturated carbocycles. The molecule has 5 rings (SSSR count). The number of nitrogens with one attached hydrogen (secondary N) is 2. The molecule has 146 valence electrons. The van der Waals surface area contributed by atoms with Gasteiger partial charge in [-0.3, -0.25) is 5.10 Å². The van der Waals surface area contributed by atoms with E-state index in [1.165, 1.54) is 11.8 Å². The number of hydrogen-bond donors (Lipinski definition) is 3. The van der Waals surface area contributed by atoms with Crippen LogP contribution >= 0.6 is 0 Å². The molecular formula is C23H21FN4O. The van der Waals surface area contributed by atoms with E-state index in [9.17, 15) is 9.50 Å². The molecule has 0 amide bonds. The molecule has 6 heteroatoms. The third-order valence-corrected chi connectivity index (χ3v) is 5.45. The van der Waals surface area contributed by atoms with Gasteiger partial charge in [0.15, 0.2) is 0 Å². The van der Waals surface area contributed by atoms with Crippen molar-refractivity contribution in [1.29, 1.82) is 0 Å². The lowest BCUT2D eigenvalue weighted by atomic mass is 10.0. The van der Waals surface area contributed by atoms with Crippen molar-refractivity contribution in [2.75, 3.05) is 31.1 Å². The lowest BCUT2D eigenvalue weighted by molar-refractivity contribution is 0.469. The van der Waals surface area contributed by atoms with Crippen LogP contribution in [0.3, 0.4) is 0 Å². The highest BCUT2D eigenvalue weighted by Gasteiger charge is 2.13. The van der Waals surface area contributed by atoms with Gasteiger partial charge >= 0.3 is 0 Å². The highest BCUT2D eigenvalue weighted by Crippen LogP contribution is 2.32. The summed E-state index contributed by atoms with van der Waals surface area (Å²) in [5.41, 5.74) is 5.17. The Morgan fingerprint density at radius 3 is 2.41 bits per heavy atom. The van der Waals surface area contributed by atoms with Crippen molar-refractivity contribution in [2.45, 2.75) is 0 Å². The maximum Gasteiger partial charge on any atom is 0.134 e. The Bertz CT molecular complexity index is 1160. The molecule has 5 nitrogen and oxygen atoms in total. The minimum atomic E-state index is -0.451. The first-order chi connectivity index (χ1) is 14.2. The topological polar surface area (TPSA) is 64.2 Å². The summed E-state index contributed by atoms with van der Waals surface area (Å²) in [5.74, 6) is -0.534. The fourth-order valence-electron chi connectivity index (χ4n) is 3.90. The average Bonchev–Trinajstić information content (AvgIpc) is 3.18. The molecule has 0 aliphatic carbocycles. The molecular weight excluding hydrogens is 367 g/mol. The highest BCUT2D eigenvalue weighted by molar-refractivity contribution is 5.95. The van der Waals surface area contributed by atoms with Gasteiger partial charge in [0.05, 0.1) is 11.2 Å². The SMILES string of the molecule is Oc1ccc(-c2ccc3c(-c4ccc(N5CCNCC5)cc4)n[nH]c3c2)c(F)c1. The molecule has 0 atom stereocenters. The van der Waals surface area contributed by atoms with Crippen molar-refractivity contribution in [2.24, 2.45) is 0 Å². The van der Waals surface area contributed by atoms with Gasteiger partial charge < -0.3 is 15.3 Å². The Balaban J connectivity index is 1.47. The van der Waals surface area contributed by atoms with E-state index >= 15 is 0 Å². The predicted molar refractivity (Wildman–Crippen MR) is 114 cm³/mol. The van der Waals surface area contributed by atoms with E-state index in [1.807, 2.05) is 18.2 Å². The lowest BCUT2D eigenvalue weighted by Crippen LogP contribution is -2.43. The number of halogens is 1. The summed E-state index contributed by atoms with van der Waals surface area (Å²) in [6, 6.07) is 18.4. The normalized spacial score (nSPS) is 14.4. The van der Waals surface area contributed by atoms with E-state index < -0.39 is 5.82 Å². The number of rotatable bonds is 3. The Morgan fingerprint density at radius 1 is 0.897 bits per heavy atom. The summed E-state index contributed by atoms with van der Waals surface area (Å²) >= 11 is 0. The molecule has 3 aromatic carbocycles. The number of nitrogens with zero attached hydrogens (tertiary/aromatic N) is 2. The summed E-state index contributed by atoms with van der Waals surface area (Å²) in [7, 11) is 0. The van der Waals surface area contributed by atoms with E-state index in [-0.39, 0.29) is 5.75 Å². The van der Waals surface area contributed by atoms with Crippen molar-refractivity contribution in [3.8, 4) is 28.1 Å². The van der Waals surface area contributed by atoms with Crippen LogP contribution in [0.2, 0.25) is 0 Å². The number of hydrogen-bond acceptors (Lipinski definition) is 4. The van der Waals surface area contributed by atoms with Gasteiger partial charge in [0, 0.05) is 54.4 Å². The molecule has 1 aromatic heterocycles. The molecule has 4 aromatic rings. The molecule has 29 heavy (non-hydrogen) atoms. The molecule has 3 N–H and O–H groups in total. The van der Waals surface area contributed by atoms with E-state index in [0.717, 1.165) is 60.0 Å². The number of anilines is 1. The molecule has 0 spiro atoms. The number of fused-ring (bicyclic) bond motifs is 1. The number of benzene rings is 3. The predicted octanol–water partition coefficient (Wildman–Crippen LogP) is 4.15. The highest BCUT2D eigenvalue weighted by atomic mass is 19.1. The van der Waals surface area contributed by atoms with Crippen molar-refractivity contribution < 1.29 is 9.50 Å². The fourth-order valence-corrected chi connectivity index (χ4v) is 3.90. The van der Waals surface area contributed by atoms with Gasteiger partial charge in [-0.15, -0.1) is 0 Å². The Morgan fingerprint density at radius 2 is 1.66 bits per heavy atom. The zero-order chi connectivity index (χ0) is 19.8. The Kier molecular flexibility index (Phi) is 4.41. The molecule has 1 saturated heterocycles. The zero-order valence-electron chi connectivity index (χ0n) is 15.8. The molecule has 1 aliphatic rings. The van der Waals surface area contributed by atoms with Crippen LogP contribution in [0.1, 0.15) is 0 Å². The number of aromatic amines is 1. The van der Waals surface area contributed by atoms with E-state index in [0.29, 0.717) is 5.56 Å². The Hall–Kier alpha value is -3.38. The van der Waals surface area contributed by atoms with Crippen LogP contribution in [-0.4, -0.2) is 41.5 Å². The van der Waals surface area contributed by atoms with Gasteiger partial charge in [-0.25, -0.2) is 4.39 Å². The number of phenolic OH excluding ortho intramolecular Hbond substituents is 1. The lowest BCUT2D eigenvalue weighted by Gasteiger charge is -2.29. The van der Waals surface area contributed by atoms with E-state index in [4.69, 9.17) is 0 Å². The zero-order valence-corrected chi connectivity index (χ0v) is 15.8. The van der Waals surface area contributed by atoms with Gasteiger partial charge in [0.1, 0.15) is 11.6 Å². The number of aromatic hydroxyl groups is 1. The number of piperazine rings is 1. The number of H-pyrrole nitrogens is 1. The van der Waals surface area contributed by atoms with Gasteiger partial charge in [-0.1, -0.05) is 18.2 Å². The van der Waals surface area contributed by atoms with Crippen LogP contribution in [0.5, 0.6) is 5.75 Å². The second-order valence-electron chi connectivity index (χ2n) is 7.28. The first kappa shape index (κ1) is 17.7. The minimum absolute atomic E-state index is 0.0829. The van der Waals surface area contributed by atoms with E-state index in [2.05, 4.69) is 44.7 Å². The second kappa shape index (κ2) is 7.22. The van der Waals surface area contributed by atoms with Gasteiger partial charge in [0.2, 0.25) is 0 Å². The summed E-state index contributed by atoms with van der Waals surface area (Å²) in [4.78, 5) is 2.38. The molecule has 1 aliphatic heterocycles. The Labute approximate surface area is 167 Å². The minimum Gasteiger partial charge on any atom is -0.508 e. The largest absolute Gasteiger partial charge is 0.508 e.